The van der Waals surface area contributed by atoms with Crippen molar-refractivity contribution in [2.75, 3.05) is 0 Å². The molecule has 0 aliphatic heterocycles. The average molecular weight is 330 g/mol. The predicted molar refractivity (Wildman–Crippen MR) is 79.9 cm³/mol. The Bertz CT molecular complexity index is 917. The van der Waals surface area contributed by atoms with Crippen molar-refractivity contribution in [1.29, 1.82) is 0 Å². The van der Waals surface area contributed by atoms with E-state index in [0.717, 1.165) is 0 Å². The third-order valence-corrected chi connectivity index (χ3v) is 4.07. The van der Waals surface area contributed by atoms with Gasteiger partial charge in [-0.3, -0.25) is 0 Å². The summed E-state index contributed by atoms with van der Waals surface area (Å²) in [6.07, 6.45) is 2.67. The third kappa shape index (κ3) is 2.50. The molecule has 11 heteroatoms. The molecule has 0 radical (unpaired) electrons. The highest BCUT2D eigenvalue weighted by molar-refractivity contribution is 7.97. The highest BCUT2D eigenvalue weighted by Gasteiger charge is 2.09. The number of fused-ring (bicyclic) bond motifs is 2. The lowest BCUT2D eigenvalue weighted by atomic mass is 10.4. The summed E-state index contributed by atoms with van der Waals surface area (Å²) in [5.41, 5.74) is 1.36. The van der Waals surface area contributed by atoms with Crippen molar-refractivity contribution in [2.24, 2.45) is 0 Å². The van der Waals surface area contributed by atoms with E-state index < -0.39 is 0 Å². The maximum atomic E-state index is 9.84. The molecular weight excluding hydrogens is 320 g/mol. The summed E-state index contributed by atoms with van der Waals surface area (Å²) < 4.78 is 2.51. The fourth-order valence-electron chi connectivity index (χ4n) is 2.10. The van der Waals surface area contributed by atoms with Gasteiger partial charge in [0.25, 0.3) is 11.6 Å². The Morgan fingerprint density at radius 1 is 0.826 bits per heavy atom. The largest absolute Gasteiger partial charge is 0.493 e. The van der Waals surface area contributed by atoms with Gasteiger partial charge in [-0.15, -0.1) is 11.8 Å². The summed E-state index contributed by atoms with van der Waals surface area (Å²) in [7, 11) is 0. The van der Waals surface area contributed by atoms with Crippen molar-refractivity contribution in [3.8, 4) is 11.8 Å². The quantitative estimate of drug-likeness (QED) is 0.546. The van der Waals surface area contributed by atoms with Gasteiger partial charge in [0.15, 0.2) is 0 Å². The molecular formula is C12H10N8O2S. The van der Waals surface area contributed by atoms with Gasteiger partial charge >= 0.3 is 0 Å². The number of aromatic nitrogens is 8. The molecule has 0 aliphatic rings. The summed E-state index contributed by atoms with van der Waals surface area (Å²) >= 11 is 1.54. The molecule has 10 nitrogen and oxygen atoms in total. The molecule has 0 bridgehead atoms. The Labute approximate surface area is 132 Å². The molecule has 0 unspecified atom stereocenters. The fraction of sp³-hybridized carbons (Fsp3) is 0.167. The molecule has 0 saturated heterocycles. The molecule has 4 rings (SSSR count). The maximum absolute atomic E-state index is 9.84. The van der Waals surface area contributed by atoms with Gasteiger partial charge in [0.2, 0.25) is 11.8 Å². The number of thioether (sulfide) groups is 1. The minimum absolute atomic E-state index is 0.0104. The molecule has 4 heterocycles. The smallest absolute Gasteiger partial charge is 0.255 e. The van der Waals surface area contributed by atoms with E-state index in [9.17, 15) is 10.2 Å². The molecule has 0 aromatic carbocycles. The molecule has 4 aromatic rings. The van der Waals surface area contributed by atoms with Crippen LogP contribution in [-0.2, 0) is 11.5 Å². The van der Waals surface area contributed by atoms with E-state index in [1.165, 1.54) is 33.4 Å². The van der Waals surface area contributed by atoms with Crippen molar-refractivity contribution in [3.05, 3.63) is 36.2 Å². The van der Waals surface area contributed by atoms with Crippen LogP contribution in [-0.4, -0.2) is 49.4 Å². The molecule has 0 saturated carbocycles. The van der Waals surface area contributed by atoms with Gasteiger partial charge in [-0.1, -0.05) is 0 Å². The first-order chi connectivity index (χ1) is 11.2. The summed E-state index contributed by atoms with van der Waals surface area (Å²) in [6.45, 7) is 0. The Kier molecular flexibility index (Phi) is 3.19. The summed E-state index contributed by atoms with van der Waals surface area (Å²) in [5, 5.41) is 27.4. The van der Waals surface area contributed by atoms with Crippen LogP contribution in [0.2, 0.25) is 0 Å². The zero-order valence-electron chi connectivity index (χ0n) is 11.6. The number of nitrogens with zero attached hydrogens (tertiary/aromatic N) is 8. The Hall–Kier alpha value is -2.95. The number of hydrogen-bond acceptors (Lipinski definition) is 9. The van der Waals surface area contributed by atoms with Crippen molar-refractivity contribution in [2.45, 2.75) is 11.5 Å². The minimum Gasteiger partial charge on any atom is -0.493 e. The predicted octanol–water partition coefficient (Wildman–Crippen LogP) is 0.407. The molecule has 4 aromatic heterocycles. The van der Waals surface area contributed by atoms with Crippen molar-refractivity contribution < 1.29 is 10.2 Å². The van der Waals surface area contributed by atoms with Crippen LogP contribution in [0.3, 0.4) is 0 Å². The van der Waals surface area contributed by atoms with Gasteiger partial charge in [0.05, 0.1) is 11.4 Å². The summed E-state index contributed by atoms with van der Waals surface area (Å²) in [5.74, 6) is 1.78. The first-order valence-electron chi connectivity index (χ1n) is 6.56. The molecule has 2 N–H and O–H groups in total. The number of aromatic hydroxyl groups is 2. The van der Waals surface area contributed by atoms with Crippen LogP contribution in [0.25, 0.3) is 11.6 Å². The van der Waals surface area contributed by atoms with Crippen LogP contribution in [0.15, 0.2) is 24.8 Å². The van der Waals surface area contributed by atoms with Gasteiger partial charge in [0, 0.05) is 23.6 Å². The monoisotopic (exact) mass is 330 g/mol. The zero-order chi connectivity index (χ0) is 15.8. The fourth-order valence-corrected chi connectivity index (χ4v) is 2.91. The standard InChI is InChI=1S/C12H10N8O2S/c21-9-1-7(17-11-13-5-15-19(9)11)3-23-4-8-2-10(22)20-12(18-8)14-6-16-20/h1-2,5-6,21-22H,3-4H2. The lowest BCUT2D eigenvalue weighted by Crippen LogP contribution is -1.98. The van der Waals surface area contributed by atoms with E-state index >= 15 is 0 Å². The first kappa shape index (κ1) is 13.7. The van der Waals surface area contributed by atoms with Crippen LogP contribution in [0.1, 0.15) is 11.4 Å². The van der Waals surface area contributed by atoms with E-state index in [2.05, 4.69) is 30.1 Å². The second-order valence-corrected chi connectivity index (χ2v) is 5.63. The molecule has 0 atom stereocenters. The Morgan fingerprint density at radius 3 is 1.78 bits per heavy atom. The Balaban J connectivity index is 1.49. The van der Waals surface area contributed by atoms with Crippen LogP contribution in [0.4, 0.5) is 0 Å². The molecule has 0 fully saturated rings. The lowest BCUT2D eigenvalue weighted by Gasteiger charge is -2.04. The molecule has 116 valence electrons. The van der Waals surface area contributed by atoms with Crippen LogP contribution in [0.5, 0.6) is 11.8 Å². The summed E-state index contributed by atoms with van der Waals surface area (Å²) in [4.78, 5) is 16.5. The van der Waals surface area contributed by atoms with E-state index in [4.69, 9.17) is 0 Å². The number of rotatable bonds is 4. The lowest BCUT2D eigenvalue weighted by molar-refractivity contribution is 0.434. The van der Waals surface area contributed by atoms with E-state index in [1.54, 1.807) is 12.1 Å². The minimum atomic E-state index is -0.0104. The van der Waals surface area contributed by atoms with Crippen LogP contribution >= 0.6 is 11.8 Å². The Morgan fingerprint density at radius 2 is 1.30 bits per heavy atom. The second-order valence-electron chi connectivity index (χ2n) is 4.65. The highest BCUT2D eigenvalue weighted by atomic mass is 32.2. The summed E-state index contributed by atoms with van der Waals surface area (Å²) in [6, 6.07) is 3.09. The average Bonchev–Trinajstić information content (AvgIpc) is 3.16. The van der Waals surface area contributed by atoms with Crippen molar-refractivity contribution in [1.82, 2.24) is 39.2 Å². The topological polar surface area (TPSA) is 127 Å². The van der Waals surface area contributed by atoms with Gasteiger partial charge in [-0.05, 0) is 0 Å². The van der Waals surface area contributed by atoms with E-state index in [0.29, 0.717) is 34.4 Å². The van der Waals surface area contributed by atoms with Crippen molar-refractivity contribution in [3.63, 3.8) is 0 Å². The highest BCUT2D eigenvalue weighted by Crippen LogP contribution is 2.21. The van der Waals surface area contributed by atoms with Crippen LogP contribution in [0, 0.1) is 0 Å². The van der Waals surface area contributed by atoms with Crippen molar-refractivity contribution >= 4 is 23.3 Å². The van der Waals surface area contributed by atoms with E-state index in [1.807, 2.05) is 0 Å². The van der Waals surface area contributed by atoms with Gasteiger partial charge in [0.1, 0.15) is 12.7 Å². The zero-order valence-corrected chi connectivity index (χ0v) is 12.4. The SMILES string of the molecule is Oc1cc(CSCc2cc(O)n3ncnc3n2)nc2ncnn12. The van der Waals surface area contributed by atoms with E-state index in [-0.39, 0.29) is 11.8 Å². The first-order valence-corrected chi connectivity index (χ1v) is 7.71. The van der Waals surface area contributed by atoms with Gasteiger partial charge in [-0.25, -0.2) is 9.97 Å². The second kappa shape index (κ2) is 5.35. The molecule has 0 spiro atoms. The normalized spacial score (nSPS) is 11.5. The number of hydrogen-bond donors (Lipinski definition) is 2. The third-order valence-electron chi connectivity index (χ3n) is 3.07. The van der Waals surface area contributed by atoms with Crippen LogP contribution < -0.4 is 0 Å². The molecule has 0 aliphatic carbocycles. The van der Waals surface area contributed by atoms with Gasteiger partial charge in [-0.2, -0.15) is 29.2 Å². The van der Waals surface area contributed by atoms with Gasteiger partial charge < -0.3 is 10.2 Å². The maximum Gasteiger partial charge on any atom is 0.255 e. The molecule has 23 heavy (non-hydrogen) atoms. The molecule has 0 amide bonds.